The summed E-state index contributed by atoms with van der Waals surface area (Å²) in [5.41, 5.74) is 0.453. The van der Waals surface area contributed by atoms with E-state index in [1.165, 1.54) is 0 Å². The van der Waals surface area contributed by atoms with Gasteiger partial charge in [0.1, 0.15) is 0 Å². The first-order valence-electron chi connectivity index (χ1n) is 5.99. The van der Waals surface area contributed by atoms with Crippen molar-refractivity contribution in [1.82, 2.24) is 5.32 Å². The average molecular weight is 297 g/mol. The second-order valence-electron chi connectivity index (χ2n) is 4.40. The summed E-state index contributed by atoms with van der Waals surface area (Å²) in [6.07, 6.45) is 2.81. The third-order valence-corrected chi connectivity index (χ3v) is 4.10. The molecule has 1 amide bonds. The number of nitrogens with one attached hydrogen (secondary N) is 2. The Hall–Kier alpha value is -0.870. The minimum absolute atomic E-state index is 0.0735. The summed E-state index contributed by atoms with van der Waals surface area (Å²) in [6.45, 7) is 2.98. The Balaban J connectivity index is 2.14. The Morgan fingerprint density at radius 2 is 2.29 bits per heavy atom. The van der Waals surface area contributed by atoms with Crippen LogP contribution >= 0.6 is 15.9 Å². The summed E-state index contributed by atoms with van der Waals surface area (Å²) in [5, 5.41) is 6.33. The average Bonchev–Trinajstić information content (AvgIpc) is 2.82. The number of hydrogen-bond donors (Lipinski definition) is 2. The lowest BCUT2D eigenvalue weighted by Gasteiger charge is -2.26. The van der Waals surface area contributed by atoms with Gasteiger partial charge in [0, 0.05) is 4.47 Å². The molecule has 0 saturated carbocycles. The maximum Gasteiger partial charge on any atom is 0.244 e. The van der Waals surface area contributed by atoms with Gasteiger partial charge in [-0.3, -0.25) is 4.79 Å². The summed E-state index contributed by atoms with van der Waals surface area (Å²) >= 11 is 3.44. The number of amides is 1. The van der Waals surface area contributed by atoms with Gasteiger partial charge in [-0.25, -0.2) is 0 Å². The molecule has 0 spiro atoms. The summed E-state index contributed by atoms with van der Waals surface area (Å²) in [4.78, 5) is 12.3. The molecule has 1 fully saturated rings. The van der Waals surface area contributed by atoms with Gasteiger partial charge < -0.3 is 10.6 Å². The first-order valence-corrected chi connectivity index (χ1v) is 6.78. The Bertz CT molecular complexity index is 414. The third kappa shape index (κ3) is 2.53. The SMILES string of the molecule is CCC1(C(=O)Nc2ccccc2Br)CCCN1. The van der Waals surface area contributed by atoms with E-state index < -0.39 is 0 Å². The highest BCUT2D eigenvalue weighted by atomic mass is 79.9. The number of para-hydroxylation sites is 1. The van der Waals surface area contributed by atoms with Crippen LogP contribution in [0.4, 0.5) is 5.69 Å². The number of carbonyl (C=O) groups excluding carboxylic acids is 1. The molecule has 17 heavy (non-hydrogen) atoms. The number of benzene rings is 1. The van der Waals surface area contributed by atoms with Crippen molar-refractivity contribution in [2.24, 2.45) is 0 Å². The smallest absolute Gasteiger partial charge is 0.244 e. The molecule has 1 atom stereocenters. The molecule has 0 aromatic heterocycles. The molecule has 1 aromatic rings. The van der Waals surface area contributed by atoms with Gasteiger partial charge in [0.25, 0.3) is 0 Å². The van der Waals surface area contributed by atoms with E-state index in [0.717, 1.165) is 36.0 Å². The van der Waals surface area contributed by atoms with Crippen molar-refractivity contribution in [3.8, 4) is 0 Å². The molecular formula is C13H17BrN2O. The number of anilines is 1. The lowest BCUT2D eigenvalue weighted by atomic mass is 9.93. The van der Waals surface area contributed by atoms with Crippen LogP contribution in [-0.2, 0) is 4.79 Å². The summed E-state index contributed by atoms with van der Waals surface area (Å²) in [5.74, 6) is 0.0735. The van der Waals surface area contributed by atoms with Crippen molar-refractivity contribution in [3.05, 3.63) is 28.7 Å². The first kappa shape index (κ1) is 12.6. The lowest BCUT2D eigenvalue weighted by Crippen LogP contribution is -2.50. The Morgan fingerprint density at radius 3 is 2.88 bits per heavy atom. The Kier molecular flexibility index (Phi) is 3.84. The van der Waals surface area contributed by atoms with Crippen LogP contribution in [0.3, 0.4) is 0 Å². The van der Waals surface area contributed by atoms with Gasteiger partial charge in [-0.15, -0.1) is 0 Å². The van der Waals surface area contributed by atoms with Crippen molar-refractivity contribution < 1.29 is 4.79 Å². The molecule has 1 heterocycles. The van der Waals surface area contributed by atoms with Crippen molar-refractivity contribution in [2.45, 2.75) is 31.7 Å². The highest BCUT2D eigenvalue weighted by Crippen LogP contribution is 2.27. The molecule has 0 aliphatic carbocycles. The van der Waals surface area contributed by atoms with E-state index in [-0.39, 0.29) is 11.4 Å². The Labute approximate surface area is 110 Å². The van der Waals surface area contributed by atoms with Gasteiger partial charge in [0.2, 0.25) is 5.91 Å². The van der Waals surface area contributed by atoms with Crippen LogP contribution in [0.5, 0.6) is 0 Å². The number of rotatable bonds is 3. The molecule has 1 unspecified atom stereocenters. The zero-order chi connectivity index (χ0) is 12.3. The fraction of sp³-hybridized carbons (Fsp3) is 0.462. The summed E-state index contributed by atoms with van der Waals surface area (Å²) < 4.78 is 0.914. The molecule has 0 bridgehead atoms. The zero-order valence-corrected chi connectivity index (χ0v) is 11.5. The van der Waals surface area contributed by atoms with Crippen LogP contribution in [0.1, 0.15) is 26.2 Å². The normalized spacial score (nSPS) is 23.6. The topological polar surface area (TPSA) is 41.1 Å². The first-order chi connectivity index (χ1) is 8.18. The van der Waals surface area contributed by atoms with E-state index in [0.29, 0.717) is 0 Å². The lowest BCUT2D eigenvalue weighted by molar-refractivity contribution is -0.122. The molecule has 1 aliphatic heterocycles. The van der Waals surface area contributed by atoms with Gasteiger partial charge in [-0.05, 0) is 53.9 Å². The van der Waals surface area contributed by atoms with Crippen LogP contribution in [0, 0.1) is 0 Å². The predicted molar refractivity (Wildman–Crippen MR) is 73.0 cm³/mol. The van der Waals surface area contributed by atoms with E-state index >= 15 is 0 Å². The molecule has 1 aliphatic rings. The highest BCUT2D eigenvalue weighted by Gasteiger charge is 2.39. The van der Waals surface area contributed by atoms with Gasteiger partial charge in [-0.1, -0.05) is 19.1 Å². The van der Waals surface area contributed by atoms with Gasteiger partial charge >= 0.3 is 0 Å². The van der Waals surface area contributed by atoms with Crippen LogP contribution < -0.4 is 10.6 Å². The summed E-state index contributed by atoms with van der Waals surface area (Å²) in [7, 11) is 0. The fourth-order valence-corrected chi connectivity index (χ4v) is 2.65. The van der Waals surface area contributed by atoms with Crippen LogP contribution in [0.25, 0.3) is 0 Å². The van der Waals surface area contributed by atoms with E-state index in [2.05, 4.69) is 33.5 Å². The van der Waals surface area contributed by atoms with Crippen LogP contribution in [0.2, 0.25) is 0 Å². The monoisotopic (exact) mass is 296 g/mol. The third-order valence-electron chi connectivity index (χ3n) is 3.40. The van der Waals surface area contributed by atoms with Crippen molar-refractivity contribution in [2.75, 3.05) is 11.9 Å². The van der Waals surface area contributed by atoms with Crippen LogP contribution in [-0.4, -0.2) is 18.0 Å². The molecule has 2 N–H and O–H groups in total. The van der Waals surface area contributed by atoms with Crippen molar-refractivity contribution in [1.29, 1.82) is 0 Å². The number of halogens is 1. The summed E-state index contributed by atoms with van der Waals surface area (Å²) in [6, 6.07) is 7.68. The molecule has 92 valence electrons. The number of hydrogen-bond acceptors (Lipinski definition) is 2. The maximum absolute atomic E-state index is 12.3. The fourth-order valence-electron chi connectivity index (χ4n) is 2.27. The van der Waals surface area contributed by atoms with E-state index in [4.69, 9.17) is 0 Å². The van der Waals surface area contributed by atoms with E-state index in [1.54, 1.807) is 0 Å². The number of carbonyl (C=O) groups is 1. The quantitative estimate of drug-likeness (QED) is 0.900. The molecule has 1 aromatic carbocycles. The van der Waals surface area contributed by atoms with Crippen LogP contribution in [0.15, 0.2) is 28.7 Å². The van der Waals surface area contributed by atoms with Gasteiger partial charge in [-0.2, -0.15) is 0 Å². The molecular weight excluding hydrogens is 280 g/mol. The minimum atomic E-state index is -0.380. The molecule has 0 radical (unpaired) electrons. The van der Waals surface area contributed by atoms with Crippen molar-refractivity contribution >= 4 is 27.5 Å². The predicted octanol–water partition coefficient (Wildman–Crippen LogP) is 2.92. The second kappa shape index (κ2) is 5.19. The van der Waals surface area contributed by atoms with Gasteiger partial charge in [0.05, 0.1) is 11.2 Å². The molecule has 1 saturated heterocycles. The highest BCUT2D eigenvalue weighted by molar-refractivity contribution is 9.10. The zero-order valence-electron chi connectivity index (χ0n) is 9.92. The minimum Gasteiger partial charge on any atom is -0.323 e. The maximum atomic E-state index is 12.3. The molecule has 2 rings (SSSR count). The van der Waals surface area contributed by atoms with Crippen molar-refractivity contribution in [3.63, 3.8) is 0 Å². The molecule has 3 nitrogen and oxygen atoms in total. The molecule has 4 heteroatoms. The largest absolute Gasteiger partial charge is 0.323 e. The Morgan fingerprint density at radius 1 is 1.53 bits per heavy atom. The standard InChI is InChI=1S/C13H17BrN2O/c1-2-13(8-5-9-15-13)12(17)16-11-7-4-3-6-10(11)14/h3-4,6-7,15H,2,5,8-9H2,1H3,(H,16,17). The second-order valence-corrected chi connectivity index (χ2v) is 5.25. The van der Waals surface area contributed by atoms with E-state index in [1.807, 2.05) is 24.3 Å². The van der Waals surface area contributed by atoms with E-state index in [9.17, 15) is 4.79 Å². The van der Waals surface area contributed by atoms with Gasteiger partial charge in [0.15, 0.2) is 0 Å².